The Hall–Kier alpha value is -2.49. The van der Waals surface area contributed by atoms with Gasteiger partial charge in [-0.25, -0.2) is 4.79 Å². The highest BCUT2D eigenvalue weighted by molar-refractivity contribution is 5.71. The van der Waals surface area contributed by atoms with Crippen LogP contribution in [0.5, 0.6) is 0 Å². The molecule has 488 valence electrons. The van der Waals surface area contributed by atoms with Crippen molar-refractivity contribution >= 4 is 17.9 Å². The summed E-state index contributed by atoms with van der Waals surface area (Å²) in [4.78, 5) is 37.6. The number of quaternary nitrogens is 1. The fraction of sp³-hybridized carbons (Fsp3) is 0.878. The van der Waals surface area contributed by atoms with Gasteiger partial charge in [0.2, 0.25) is 0 Å². The van der Waals surface area contributed by atoms with E-state index in [1.165, 1.54) is 289 Å². The molecule has 1 N–H and O–H groups in total. The summed E-state index contributed by atoms with van der Waals surface area (Å²) < 4.78 is 23.0. The summed E-state index contributed by atoms with van der Waals surface area (Å²) in [6, 6.07) is 0. The van der Waals surface area contributed by atoms with Crippen molar-refractivity contribution in [2.24, 2.45) is 0 Å². The van der Waals surface area contributed by atoms with Gasteiger partial charge < -0.3 is 28.5 Å². The van der Waals surface area contributed by atoms with Gasteiger partial charge >= 0.3 is 17.9 Å². The van der Waals surface area contributed by atoms with E-state index in [1.54, 1.807) is 0 Å². The first-order valence-corrected chi connectivity index (χ1v) is 36.2. The van der Waals surface area contributed by atoms with Crippen LogP contribution in [0.15, 0.2) is 36.5 Å². The molecule has 0 fully saturated rings. The number of unbranched alkanes of at least 4 members (excludes halogenated alkanes) is 47. The number of esters is 2. The molecule has 0 amide bonds. The number of aliphatic carboxylic acids is 1. The van der Waals surface area contributed by atoms with Gasteiger partial charge in [-0.3, -0.25) is 9.59 Å². The van der Waals surface area contributed by atoms with Crippen LogP contribution in [0.4, 0.5) is 0 Å². The third kappa shape index (κ3) is 66.9. The second-order valence-corrected chi connectivity index (χ2v) is 25.9. The standard InChI is InChI=1S/C74H139NO8/c1-6-8-10-12-14-16-18-20-22-24-26-28-30-31-32-33-34-35-36-37-38-39-40-41-43-45-47-49-51-53-55-57-59-61-63-65-72(77)83-70(69-82-74(73(78)79)80-67-66-75(3,4)5)68-81-71(76)64-62-60-58-56-54-52-50-48-46-44-42-29-27-25-23-21-19-17-15-13-11-9-7-2/h18,20,24-27,70,74H,6-17,19,21-23,28-69H2,1-5H3/p+1/b20-18-,26-24-,27-25-. The number of ether oxygens (including phenoxy) is 4. The molecule has 0 aromatic heterocycles. The van der Waals surface area contributed by atoms with Gasteiger partial charge in [0.1, 0.15) is 13.2 Å². The first-order valence-electron chi connectivity index (χ1n) is 36.2. The molecule has 0 aliphatic rings. The molecule has 0 aliphatic carbocycles. The summed E-state index contributed by atoms with van der Waals surface area (Å²) in [6.07, 6.45) is 79.9. The third-order valence-corrected chi connectivity index (χ3v) is 16.4. The Kier molecular flexibility index (Phi) is 63.5. The van der Waals surface area contributed by atoms with E-state index in [4.69, 9.17) is 18.9 Å². The largest absolute Gasteiger partial charge is 0.477 e. The van der Waals surface area contributed by atoms with E-state index in [1.807, 2.05) is 21.1 Å². The van der Waals surface area contributed by atoms with E-state index in [-0.39, 0.29) is 38.2 Å². The van der Waals surface area contributed by atoms with Crippen LogP contribution in [0.3, 0.4) is 0 Å². The lowest BCUT2D eigenvalue weighted by molar-refractivity contribution is -0.870. The van der Waals surface area contributed by atoms with Gasteiger partial charge in [0.25, 0.3) is 6.29 Å². The van der Waals surface area contributed by atoms with Crippen LogP contribution in [0.2, 0.25) is 0 Å². The minimum atomic E-state index is -1.51. The summed E-state index contributed by atoms with van der Waals surface area (Å²) in [6.45, 7) is 4.93. The van der Waals surface area contributed by atoms with Gasteiger partial charge in [0.05, 0.1) is 34.4 Å². The van der Waals surface area contributed by atoms with Crippen molar-refractivity contribution in [3.8, 4) is 0 Å². The quantitative estimate of drug-likeness (QED) is 0.0211. The lowest BCUT2D eigenvalue weighted by Crippen LogP contribution is -2.40. The highest BCUT2D eigenvalue weighted by Gasteiger charge is 2.25. The van der Waals surface area contributed by atoms with E-state index < -0.39 is 18.4 Å². The molecule has 0 saturated heterocycles. The molecular weight excluding hydrogens is 1030 g/mol. The number of carbonyl (C=O) groups is 3. The van der Waals surface area contributed by atoms with E-state index in [0.717, 1.165) is 44.9 Å². The summed E-state index contributed by atoms with van der Waals surface area (Å²) in [5.74, 6) is -1.98. The van der Waals surface area contributed by atoms with Crippen LogP contribution in [-0.4, -0.2) is 87.4 Å². The van der Waals surface area contributed by atoms with Gasteiger partial charge in [-0.15, -0.1) is 0 Å². The monoisotopic (exact) mass is 1170 g/mol. The minimum absolute atomic E-state index is 0.177. The molecule has 2 unspecified atom stereocenters. The topological polar surface area (TPSA) is 108 Å². The number of allylic oxidation sites excluding steroid dienone is 6. The highest BCUT2D eigenvalue weighted by atomic mass is 16.7. The molecule has 0 radical (unpaired) electrons. The molecule has 0 rings (SSSR count). The molecule has 2 atom stereocenters. The van der Waals surface area contributed by atoms with E-state index >= 15 is 0 Å². The number of rotatable bonds is 68. The van der Waals surface area contributed by atoms with E-state index in [0.29, 0.717) is 17.4 Å². The predicted molar refractivity (Wildman–Crippen MR) is 355 cm³/mol. The van der Waals surface area contributed by atoms with Crippen molar-refractivity contribution < 1.29 is 42.9 Å². The fourth-order valence-electron chi connectivity index (χ4n) is 10.8. The molecule has 0 aromatic carbocycles. The van der Waals surface area contributed by atoms with Crippen LogP contribution in [0.1, 0.15) is 361 Å². The molecule has 9 nitrogen and oxygen atoms in total. The maximum atomic E-state index is 12.9. The Morgan fingerprint density at radius 3 is 0.964 bits per heavy atom. The fourth-order valence-corrected chi connectivity index (χ4v) is 10.8. The molecular formula is C74H140NO8+. The Labute approximate surface area is 515 Å². The first kappa shape index (κ1) is 80.5. The van der Waals surface area contributed by atoms with Gasteiger partial charge in [-0.1, -0.05) is 314 Å². The molecule has 83 heavy (non-hydrogen) atoms. The van der Waals surface area contributed by atoms with Crippen LogP contribution in [0.25, 0.3) is 0 Å². The molecule has 0 saturated carbocycles. The summed E-state index contributed by atoms with van der Waals surface area (Å²) in [5, 5.41) is 9.75. The average molecular weight is 1170 g/mol. The smallest absolute Gasteiger partial charge is 0.361 e. The van der Waals surface area contributed by atoms with Gasteiger partial charge in [0, 0.05) is 12.8 Å². The number of carbonyl (C=O) groups excluding carboxylic acids is 2. The molecule has 0 spiro atoms. The van der Waals surface area contributed by atoms with Crippen LogP contribution in [0, 0.1) is 0 Å². The van der Waals surface area contributed by atoms with E-state index in [9.17, 15) is 19.5 Å². The molecule has 0 heterocycles. The predicted octanol–water partition coefficient (Wildman–Crippen LogP) is 22.4. The van der Waals surface area contributed by atoms with Crippen molar-refractivity contribution in [2.45, 2.75) is 373 Å². The van der Waals surface area contributed by atoms with Gasteiger partial charge in [-0.05, 0) is 70.6 Å². The number of nitrogens with zero attached hydrogens (tertiary/aromatic N) is 1. The van der Waals surface area contributed by atoms with Gasteiger partial charge in [-0.2, -0.15) is 0 Å². The van der Waals surface area contributed by atoms with Crippen LogP contribution in [-0.2, 0) is 33.3 Å². The molecule has 0 aliphatic heterocycles. The summed E-state index contributed by atoms with van der Waals surface area (Å²) in [7, 11) is 5.99. The Balaban J connectivity index is 4.02. The average Bonchev–Trinajstić information content (AvgIpc) is 3.46. The lowest BCUT2D eigenvalue weighted by atomic mass is 10.0. The number of likely N-dealkylation sites (N-methyl/N-ethyl adjacent to an activating group) is 1. The zero-order chi connectivity index (χ0) is 60.5. The highest BCUT2D eigenvalue weighted by Crippen LogP contribution is 2.19. The Morgan fingerprint density at radius 1 is 0.361 bits per heavy atom. The van der Waals surface area contributed by atoms with Crippen LogP contribution < -0.4 is 0 Å². The molecule has 9 heteroatoms. The zero-order valence-electron chi connectivity index (χ0n) is 55.9. The minimum Gasteiger partial charge on any atom is -0.477 e. The van der Waals surface area contributed by atoms with Crippen LogP contribution >= 0.6 is 0 Å². The second-order valence-electron chi connectivity index (χ2n) is 25.9. The molecule has 0 bridgehead atoms. The summed E-state index contributed by atoms with van der Waals surface area (Å²) in [5.41, 5.74) is 0. The number of carboxylic acid groups (broad SMARTS) is 1. The van der Waals surface area contributed by atoms with Crippen molar-refractivity contribution in [1.29, 1.82) is 0 Å². The third-order valence-electron chi connectivity index (χ3n) is 16.4. The Morgan fingerprint density at radius 2 is 0.651 bits per heavy atom. The van der Waals surface area contributed by atoms with Crippen molar-refractivity contribution in [2.75, 3.05) is 47.5 Å². The van der Waals surface area contributed by atoms with Gasteiger partial charge in [0.15, 0.2) is 6.10 Å². The zero-order valence-corrected chi connectivity index (χ0v) is 55.9. The number of carboxylic acids is 1. The van der Waals surface area contributed by atoms with Crippen molar-refractivity contribution in [1.82, 2.24) is 0 Å². The number of hydrogen-bond donors (Lipinski definition) is 1. The second kappa shape index (κ2) is 65.5. The first-order chi connectivity index (χ1) is 40.6. The normalized spacial score (nSPS) is 12.8. The molecule has 0 aromatic rings. The number of hydrogen-bond acceptors (Lipinski definition) is 7. The SMILES string of the molecule is CCCCCCC/C=C\C/C=C\CCCCCCCCCCCCCCCCCCCCCCCCCC(=O)OC(COC(=O)CCCCCCCCCCCCC/C=C\CCCCCCCCCC)COC(OCC[N+](C)(C)C)C(=O)O. The Bertz CT molecular complexity index is 1450. The van der Waals surface area contributed by atoms with Crippen molar-refractivity contribution in [3.05, 3.63) is 36.5 Å². The van der Waals surface area contributed by atoms with Crippen molar-refractivity contribution in [3.63, 3.8) is 0 Å². The lowest BCUT2D eigenvalue weighted by Gasteiger charge is -2.25. The van der Waals surface area contributed by atoms with E-state index in [2.05, 4.69) is 50.3 Å². The maximum Gasteiger partial charge on any atom is 0.361 e. The maximum absolute atomic E-state index is 12.9. The summed E-state index contributed by atoms with van der Waals surface area (Å²) >= 11 is 0.